The van der Waals surface area contributed by atoms with Crippen molar-refractivity contribution < 1.29 is 41.4 Å². The molecule has 4 aromatic rings. The van der Waals surface area contributed by atoms with Crippen LogP contribution in [0.4, 0.5) is 27.6 Å². The van der Waals surface area contributed by atoms with Crippen LogP contribution in [0.2, 0.25) is 0 Å². The summed E-state index contributed by atoms with van der Waals surface area (Å²) in [5, 5.41) is 16.2. The summed E-state index contributed by atoms with van der Waals surface area (Å²) in [5.41, 5.74) is -4.41. The number of carbonyl (C=O) groups excluding carboxylic acids is 1. The Morgan fingerprint density at radius 3 is 2.29 bits per heavy atom. The first-order valence-corrected chi connectivity index (χ1v) is 13.7. The molecule has 0 aliphatic rings. The van der Waals surface area contributed by atoms with Gasteiger partial charge in [0.2, 0.25) is 0 Å². The molecule has 2 atom stereocenters. The summed E-state index contributed by atoms with van der Waals surface area (Å²) in [5.74, 6) is -6.11. The van der Waals surface area contributed by atoms with Gasteiger partial charge in [0.15, 0.2) is 5.54 Å². The molecule has 0 saturated carbocycles. The summed E-state index contributed by atoms with van der Waals surface area (Å²) >= 11 is 0. The number of anilines is 1. The van der Waals surface area contributed by atoms with Crippen molar-refractivity contribution >= 4 is 28.3 Å². The maximum atomic E-state index is 15.3. The molecule has 0 radical (unpaired) electrons. The number of halogens is 5. The van der Waals surface area contributed by atoms with Crippen molar-refractivity contribution in [3.63, 3.8) is 0 Å². The Kier molecular flexibility index (Phi) is 9.79. The Bertz CT molecular complexity index is 1780. The van der Waals surface area contributed by atoms with Gasteiger partial charge in [0.05, 0.1) is 25.4 Å². The number of hydrogen-bond acceptors (Lipinski definition) is 5. The molecule has 0 spiro atoms. The predicted molar refractivity (Wildman–Crippen MR) is 158 cm³/mol. The Morgan fingerprint density at radius 2 is 1.69 bits per heavy atom. The number of carboxylic acids is 1. The van der Waals surface area contributed by atoms with Crippen LogP contribution in [0.25, 0.3) is 10.8 Å². The number of aryl methyl sites for hydroxylation is 1. The Balaban J connectivity index is 1.90. The molecule has 1 amide bonds. The number of aromatic nitrogens is 1. The third-order valence-electron chi connectivity index (χ3n) is 7.68. The normalized spacial score (nSPS) is 13.4. The highest BCUT2D eigenvalue weighted by Gasteiger charge is 2.45. The average molecular weight is 632 g/mol. The molecule has 3 aromatic carbocycles. The van der Waals surface area contributed by atoms with Crippen LogP contribution in [-0.4, -0.2) is 47.8 Å². The van der Waals surface area contributed by atoms with Crippen LogP contribution >= 0.6 is 0 Å². The van der Waals surface area contributed by atoms with Gasteiger partial charge in [0.25, 0.3) is 17.9 Å². The van der Waals surface area contributed by atoms with Crippen molar-refractivity contribution in [1.82, 2.24) is 9.88 Å². The standard InChI is InChI=1S/C32H30F5N3O5/c1-17-13-26(45-3)21(30(42)40(17)2)16-32(31(43)44,22-10-6-8-18-7-4-5-9-20(18)22)39-29(41)27-23(34)14-19(15-24(27)35)38-25(11-12-33)28(36)37/h4-10,13-15,25,28,38H,11-12,16H2,1-3H3,(H,39,41)(H,43,44). The number of ether oxygens (including phenoxy) is 1. The molecule has 4 rings (SSSR count). The summed E-state index contributed by atoms with van der Waals surface area (Å²) in [6, 6.07) is 12.2. The van der Waals surface area contributed by atoms with Crippen molar-refractivity contribution in [3.8, 4) is 5.75 Å². The van der Waals surface area contributed by atoms with Gasteiger partial charge in [0, 0.05) is 31.3 Å². The molecule has 8 nitrogen and oxygen atoms in total. The van der Waals surface area contributed by atoms with Crippen LogP contribution in [0.5, 0.6) is 5.75 Å². The van der Waals surface area contributed by atoms with E-state index in [1.54, 1.807) is 37.3 Å². The molecule has 238 valence electrons. The number of hydrogen-bond donors (Lipinski definition) is 3. The van der Waals surface area contributed by atoms with Crippen molar-refractivity contribution in [1.29, 1.82) is 0 Å². The number of amides is 1. The number of benzene rings is 3. The molecule has 45 heavy (non-hydrogen) atoms. The van der Waals surface area contributed by atoms with Crippen molar-refractivity contribution in [2.45, 2.75) is 37.8 Å². The van der Waals surface area contributed by atoms with E-state index in [-0.39, 0.29) is 16.9 Å². The minimum Gasteiger partial charge on any atom is -0.496 e. The minimum absolute atomic E-state index is 0.0104. The maximum absolute atomic E-state index is 15.3. The van der Waals surface area contributed by atoms with E-state index in [2.05, 4.69) is 10.6 Å². The van der Waals surface area contributed by atoms with Gasteiger partial charge in [0.1, 0.15) is 22.9 Å². The zero-order valence-corrected chi connectivity index (χ0v) is 24.5. The van der Waals surface area contributed by atoms with E-state index in [9.17, 15) is 32.7 Å². The summed E-state index contributed by atoms with van der Waals surface area (Å²) in [4.78, 5) is 40.4. The van der Waals surface area contributed by atoms with Crippen molar-refractivity contribution in [3.05, 3.63) is 105 Å². The fourth-order valence-electron chi connectivity index (χ4n) is 5.22. The first kappa shape index (κ1) is 33.0. The second-order valence-corrected chi connectivity index (χ2v) is 10.4. The van der Waals surface area contributed by atoms with Crippen molar-refractivity contribution in [2.75, 3.05) is 19.1 Å². The number of pyridine rings is 1. The van der Waals surface area contributed by atoms with Crippen LogP contribution in [0, 0.1) is 18.6 Å². The van der Waals surface area contributed by atoms with Crippen LogP contribution in [-0.2, 0) is 23.8 Å². The fourth-order valence-corrected chi connectivity index (χ4v) is 5.22. The number of aliphatic carboxylic acids is 1. The molecule has 3 N–H and O–H groups in total. The molecule has 0 saturated heterocycles. The summed E-state index contributed by atoms with van der Waals surface area (Å²) in [7, 11) is 2.75. The van der Waals surface area contributed by atoms with Gasteiger partial charge in [-0.25, -0.2) is 22.4 Å². The smallest absolute Gasteiger partial charge is 0.334 e. The molecule has 2 unspecified atom stereocenters. The highest BCUT2D eigenvalue weighted by molar-refractivity contribution is 6.01. The number of carbonyl (C=O) groups is 2. The minimum atomic E-state index is -3.06. The Hall–Kier alpha value is -4.94. The topological polar surface area (TPSA) is 110 Å². The van der Waals surface area contributed by atoms with Crippen molar-refractivity contribution in [2.24, 2.45) is 7.05 Å². The van der Waals surface area contributed by atoms with E-state index in [1.807, 2.05) is 0 Å². The molecular weight excluding hydrogens is 601 g/mol. The third-order valence-corrected chi connectivity index (χ3v) is 7.68. The second-order valence-electron chi connectivity index (χ2n) is 10.4. The van der Waals surface area contributed by atoms with E-state index in [4.69, 9.17) is 4.74 Å². The Morgan fingerprint density at radius 1 is 1.04 bits per heavy atom. The maximum Gasteiger partial charge on any atom is 0.334 e. The molecule has 0 fully saturated rings. The zero-order chi connectivity index (χ0) is 33.1. The summed E-state index contributed by atoms with van der Waals surface area (Å²) < 4.78 is 76.5. The lowest BCUT2D eigenvalue weighted by Gasteiger charge is -2.33. The first-order valence-electron chi connectivity index (χ1n) is 13.7. The lowest BCUT2D eigenvalue weighted by molar-refractivity contribution is -0.145. The summed E-state index contributed by atoms with van der Waals surface area (Å²) in [6.07, 6.45) is -4.39. The quantitative estimate of drug-likeness (QED) is 0.179. The second kappa shape index (κ2) is 13.4. The van der Waals surface area contributed by atoms with E-state index in [1.165, 1.54) is 36.9 Å². The van der Waals surface area contributed by atoms with Crippen LogP contribution in [0.3, 0.4) is 0 Å². The van der Waals surface area contributed by atoms with Gasteiger partial charge in [-0.2, -0.15) is 0 Å². The Labute approximate surface area is 254 Å². The van der Waals surface area contributed by atoms with E-state index < -0.39 is 77.8 Å². The van der Waals surface area contributed by atoms with Crippen LogP contribution < -0.4 is 20.9 Å². The molecule has 0 aliphatic heterocycles. The van der Waals surface area contributed by atoms with Crippen LogP contribution in [0.1, 0.15) is 33.6 Å². The summed E-state index contributed by atoms with van der Waals surface area (Å²) in [6.45, 7) is 0.517. The molecule has 1 heterocycles. The van der Waals surface area contributed by atoms with Gasteiger partial charge in [-0.15, -0.1) is 0 Å². The number of nitrogens with one attached hydrogen (secondary N) is 2. The lowest BCUT2D eigenvalue weighted by atomic mass is 9.80. The molecule has 0 aliphatic carbocycles. The number of fused-ring (bicyclic) bond motifs is 1. The number of carboxylic acid groups (broad SMARTS) is 1. The SMILES string of the molecule is COc1cc(C)n(C)c(=O)c1CC(NC(=O)c1c(F)cc(NC(CCF)C(F)F)cc1F)(C(=O)O)c1cccc2ccccc12. The zero-order valence-electron chi connectivity index (χ0n) is 24.5. The highest BCUT2D eigenvalue weighted by Crippen LogP contribution is 2.35. The molecular formula is C32H30F5N3O5. The monoisotopic (exact) mass is 631 g/mol. The molecule has 0 bridgehead atoms. The fraction of sp³-hybridized carbons (Fsp3) is 0.281. The van der Waals surface area contributed by atoms with Gasteiger partial charge in [-0.05, 0) is 41.5 Å². The van der Waals surface area contributed by atoms with Gasteiger partial charge in [-0.3, -0.25) is 14.0 Å². The van der Waals surface area contributed by atoms with E-state index in [0.29, 0.717) is 28.6 Å². The lowest BCUT2D eigenvalue weighted by Crippen LogP contribution is -2.54. The largest absolute Gasteiger partial charge is 0.496 e. The predicted octanol–water partition coefficient (Wildman–Crippen LogP) is 5.49. The molecule has 1 aromatic heterocycles. The third kappa shape index (κ3) is 6.47. The number of alkyl halides is 3. The number of nitrogens with zero attached hydrogens (tertiary/aromatic N) is 1. The first-order chi connectivity index (χ1) is 21.3. The van der Waals surface area contributed by atoms with Gasteiger partial charge >= 0.3 is 5.97 Å². The average Bonchev–Trinajstić information content (AvgIpc) is 2.99. The van der Waals surface area contributed by atoms with Crippen LogP contribution in [0.15, 0.2) is 65.5 Å². The number of rotatable bonds is 12. The van der Waals surface area contributed by atoms with E-state index in [0.717, 1.165) is 0 Å². The van der Waals surface area contributed by atoms with Gasteiger partial charge < -0.3 is 25.0 Å². The van der Waals surface area contributed by atoms with E-state index >= 15 is 8.78 Å². The van der Waals surface area contributed by atoms with Gasteiger partial charge in [-0.1, -0.05) is 42.5 Å². The highest BCUT2D eigenvalue weighted by atomic mass is 19.3. The molecule has 13 heteroatoms. The number of methoxy groups -OCH3 is 1.